The molecule has 1 saturated heterocycles. The van der Waals surface area contributed by atoms with E-state index in [0.717, 1.165) is 11.4 Å². The molecule has 0 unspecified atom stereocenters. The number of rotatable bonds is 4. The van der Waals surface area contributed by atoms with E-state index in [0.29, 0.717) is 24.2 Å². The Morgan fingerprint density at radius 1 is 0.968 bits per heavy atom. The van der Waals surface area contributed by atoms with Crippen LogP contribution in [0.4, 0.5) is 0 Å². The smallest absolute Gasteiger partial charge is 0.253 e. The first-order chi connectivity index (χ1) is 14.9. The highest BCUT2D eigenvalue weighted by Gasteiger charge is 2.30. The summed E-state index contributed by atoms with van der Waals surface area (Å²) in [5.74, 6) is -0.126. The fraction of sp³-hybridized carbons (Fsp3) is 0.227. The molecule has 9 heteroatoms. The van der Waals surface area contributed by atoms with Crippen molar-refractivity contribution in [2.75, 3.05) is 26.2 Å². The zero-order chi connectivity index (χ0) is 22.0. The van der Waals surface area contributed by atoms with Crippen LogP contribution in [0.2, 0.25) is 0 Å². The lowest BCUT2D eigenvalue weighted by Crippen LogP contribution is -2.50. The molecular formula is C22H21N5O3S. The fourth-order valence-electron chi connectivity index (χ4n) is 3.55. The van der Waals surface area contributed by atoms with Crippen LogP contribution in [0, 0.1) is 18.3 Å². The number of nitrogens with zero attached hydrogens (tertiary/aromatic N) is 5. The Morgan fingerprint density at radius 2 is 1.61 bits per heavy atom. The molecular weight excluding hydrogens is 414 g/mol. The quantitative estimate of drug-likeness (QED) is 0.626. The summed E-state index contributed by atoms with van der Waals surface area (Å²) in [5.41, 5.74) is 2.83. The van der Waals surface area contributed by atoms with Crippen molar-refractivity contribution in [2.24, 2.45) is 0 Å². The molecule has 8 nitrogen and oxygen atoms in total. The zero-order valence-electron chi connectivity index (χ0n) is 17.0. The number of nitriles is 1. The molecule has 31 heavy (non-hydrogen) atoms. The second-order valence-corrected chi connectivity index (χ2v) is 9.20. The third kappa shape index (κ3) is 4.08. The molecule has 3 aromatic rings. The van der Waals surface area contributed by atoms with Gasteiger partial charge in [-0.3, -0.25) is 4.79 Å². The maximum Gasteiger partial charge on any atom is 0.253 e. The van der Waals surface area contributed by atoms with Gasteiger partial charge in [-0.1, -0.05) is 0 Å². The summed E-state index contributed by atoms with van der Waals surface area (Å²) >= 11 is 0. The average Bonchev–Trinajstić information content (AvgIpc) is 3.24. The van der Waals surface area contributed by atoms with Gasteiger partial charge in [0.25, 0.3) is 5.91 Å². The number of carbonyl (C=O) groups is 1. The van der Waals surface area contributed by atoms with Crippen LogP contribution in [0.15, 0.2) is 65.7 Å². The van der Waals surface area contributed by atoms with E-state index in [4.69, 9.17) is 5.26 Å². The molecule has 0 radical (unpaired) electrons. The first-order valence-corrected chi connectivity index (χ1v) is 11.2. The van der Waals surface area contributed by atoms with Gasteiger partial charge >= 0.3 is 0 Å². The lowest BCUT2D eigenvalue weighted by atomic mass is 10.1. The Bertz CT molecular complexity index is 1230. The molecule has 2 heterocycles. The monoisotopic (exact) mass is 435 g/mol. The van der Waals surface area contributed by atoms with Crippen LogP contribution in [-0.2, 0) is 10.0 Å². The van der Waals surface area contributed by atoms with Crippen molar-refractivity contribution in [3.63, 3.8) is 0 Å². The summed E-state index contributed by atoms with van der Waals surface area (Å²) in [4.78, 5) is 14.7. The highest BCUT2D eigenvalue weighted by atomic mass is 32.2. The summed E-state index contributed by atoms with van der Waals surface area (Å²) in [6.45, 7) is 3.03. The number of carbonyl (C=O) groups excluding carboxylic acids is 1. The first-order valence-electron chi connectivity index (χ1n) is 9.81. The van der Waals surface area contributed by atoms with Crippen molar-refractivity contribution in [2.45, 2.75) is 11.8 Å². The molecule has 4 rings (SSSR count). The van der Waals surface area contributed by atoms with Crippen LogP contribution in [0.5, 0.6) is 0 Å². The largest absolute Gasteiger partial charge is 0.336 e. The Morgan fingerprint density at radius 3 is 2.16 bits per heavy atom. The number of hydrogen-bond acceptors (Lipinski definition) is 5. The first kappa shape index (κ1) is 20.8. The van der Waals surface area contributed by atoms with Crippen LogP contribution in [-0.4, -0.2) is 59.5 Å². The van der Waals surface area contributed by atoms with Crippen LogP contribution in [0.25, 0.3) is 5.69 Å². The summed E-state index contributed by atoms with van der Waals surface area (Å²) in [5, 5.41) is 13.1. The topological polar surface area (TPSA) is 99.3 Å². The van der Waals surface area contributed by atoms with E-state index in [2.05, 4.69) is 5.10 Å². The number of amides is 1. The predicted octanol–water partition coefficient (Wildman–Crippen LogP) is 2.20. The molecule has 1 aliphatic heterocycles. The Labute approximate surface area is 181 Å². The van der Waals surface area contributed by atoms with Gasteiger partial charge in [-0.25, -0.2) is 13.1 Å². The SMILES string of the molecule is Cc1ccnn1-c1ccc(C(=O)N2CCN(S(=O)(=O)c3ccc(C#N)cc3)CC2)cc1. The number of piperazine rings is 1. The maximum absolute atomic E-state index is 12.9. The number of hydrogen-bond donors (Lipinski definition) is 0. The minimum absolute atomic E-state index is 0.126. The van der Waals surface area contributed by atoms with Gasteiger partial charge in [0.2, 0.25) is 10.0 Å². The Balaban J connectivity index is 1.41. The van der Waals surface area contributed by atoms with E-state index in [-0.39, 0.29) is 23.9 Å². The van der Waals surface area contributed by atoms with Gasteiger partial charge in [0, 0.05) is 43.6 Å². The van der Waals surface area contributed by atoms with E-state index in [1.54, 1.807) is 27.9 Å². The standard InChI is InChI=1S/C22H21N5O3S/c1-17-10-11-24-27(17)20-6-4-19(5-7-20)22(28)25-12-14-26(15-13-25)31(29,30)21-8-2-18(16-23)3-9-21/h2-11H,12-15H2,1H3. The molecule has 0 N–H and O–H groups in total. The molecule has 0 bridgehead atoms. The number of aromatic nitrogens is 2. The van der Waals surface area contributed by atoms with E-state index in [1.165, 1.54) is 28.6 Å². The molecule has 0 saturated carbocycles. The van der Waals surface area contributed by atoms with Gasteiger partial charge in [-0.05, 0) is 61.5 Å². The molecule has 1 amide bonds. The molecule has 0 aliphatic carbocycles. The molecule has 0 atom stereocenters. The average molecular weight is 436 g/mol. The van der Waals surface area contributed by atoms with Gasteiger partial charge in [0.15, 0.2) is 0 Å². The van der Waals surface area contributed by atoms with Gasteiger partial charge in [-0.15, -0.1) is 0 Å². The van der Waals surface area contributed by atoms with Crippen molar-refractivity contribution < 1.29 is 13.2 Å². The normalized spacial score (nSPS) is 14.9. The van der Waals surface area contributed by atoms with E-state index >= 15 is 0 Å². The second-order valence-electron chi connectivity index (χ2n) is 7.26. The third-order valence-electron chi connectivity index (χ3n) is 5.34. The van der Waals surface area contributed by atoms with Gasteiger partial charge < -0.3 is 4.90 Å². The summed E-state index contributed by atoms with van der Waals surface area (Å²) in [6.07, 6.45) is 1.72. The van der Waals surface area contributed by atoms with E-state index < -0.39 is 10.0 Å². The Hall–Kier alpha value is -3.48. The maximum atomic E-state index is 12.9. The van der Waals surface area contributed by atoms with Gasteiger partial charge in [-0.2, -0.15) is 14.7 Å². The molecule has 2 aromatic carbocycles. The molecule has 1 aliphatic rings. The molecule has 158 valence electrons. The van der Waals surface area contributed by atoms with Crippen molar-refractivity contribution in [3.05, 3.63) is 77.6 Å². The summed E-state index contributed by atoms with van der Waals surface area (Å²) in [6, 6.07) is 17.0. The predicted molar refractivity (Wildman–Crippen MR) is 114 cm³/mol. The van der Waals surface area contributed by atoms with Gasteiger partial charge in [0.05, 0.1) is 22.2 Å². The highest BCUT2D eigenvalue weighted by molar-refractivity contribution is 7.89. The number of benzene rings is 2. The zero-order valence-corrected chi connectivity index (χ0v) is 17.8. The number of aryl methyl sites for hydroxylation is 1. The van der Waals surface area contributed by atoms with Crippen molar-refractivity contribution in [1.82, 2.24) is 19.0 Å². The fourth-order valence-corrected chi connectivity index (χ4v) is 4.97. The van der Waals surface area contributed by atoms with Crippen LogP contribution >= 0.6 is 0 Å². The summed E-state index contributed by atoms with van der Waals surface area (Å²) < 4.78 is 28.9. The molecule has 1 fully saturated rings. The Kier molecular flexibility index (Phi) is 5.59. The lowest BCUT2D eigenvalue weighted by Gasteiger charge is -2.34. The lowest BCUT2D eigenvalue weighted by molar-refractivity contribution is 0.0698. The minimum Gasteiger partial charge on any atom is -0.336 e. The van der Waals surface area contributed by atoms with Crippen LogP contribution < -0.4 is 0 Å². The molecule has 1 aromatic heterocycles. The van der Waals surface area contributed by atoms with Crippen molar-refractivity contribution >= 4 is 15.9 Å². The third-order valence-corrected chi connectivity index (χ3v) is 7.25. The van der Waals surface area contributed by atoms with Gasteiger partial charge in [0.1, 0.15) is 0 Å². The van der Waals surface area contributed by atoms with Crippen molar-refractivity contribution in [3.8, 4) is 11.8 Å². The van der Waals surface area contributed by atoms with Crippen LogP contribution in [0.1, 0.15) is 21.6 Å². The second kappa shape index (κ2) is 8.34. The minimum atomic E-state index is -3.66. The summed E-state index contributed by atoms with van der Waals surface area (Å²) in [7, 11) is -3.66. The highest BCUT2D eigenvalue weighted by Crippen LogP contribution is 2.19. The number of sulfonamides is 1. The van der Waals surface area contributed by atoms with Crippen molar-refractivity contribution in [1.29, 1.82) is 5.26 Å². The molecule has 0 spiro atoms. The van der Waals surface area contributed by atoms with Crippen LogP contribution in [0.3, 0.4) is 0 Å². The van der Waals surface area contributed by atoms with E-state index in [1.807, 2.05) is 31.2 Å². The van der Waals surface area contributed by atoms with E-state index in [9.17, 15) is 13.2 Å².